The fourth-order valence-corrected chi connectivity index (χ4v) is 8.20. The number of carbonyl (C=O) groups is 3. The van der Waals surface area contributed by atoms with Crippen molar-refractivity contribution in [3.8, 4) is 0 Å². The van der Waals surface area contributed by atoms with Crippen LogP contribution in [0, 0.1) is 28.6 Å². The Morgan fingerprint density at radius 3 is 2.60 bits per heavy atom. The number of carbonyl (C=O) groups excluding carboxylic acids is 2. The van der Waals surface area contributed by atoms with Crippen molar-refractivity contribution in [1.82, 2.24) is 0 Å². The summed E-state index contributed by atoms with van der Waals surface area (Å²) in [6.07, 6.45) is 5.62. The van der Waals surface area contributed by atoms with E-state index >= 15 is 0 Å². The number of thioether (sulfide) groups is 1. The number of carboxylic acid groups (broad SMARTS) is 1. The van der Waals surface area contributed by atoms with E-state index in [2.05, 4.69) is 6.92 Å². The minimum atomic E-state index is -1.52. The van der Waals surface area contributed by atoms with Crippen LogP contribution in [-0.4, -0.2) is 56.1 Å². The Morgan fingerprint density at radius 1 is 1.17 bits per heavy atom. The van der Waals surface area contributed by atoms with Crippen molar-refractivity contribution in [2.45, 2.75) is 70.5 Å². The Bertz CT molecular complexity index is 808. The highest BCUT2D eigenvalue weighted by Crippen LogP contribution is 2.67. The number of allylic oxidation sites excluding steroid dienone is 1. The minimum Gasteiger partial charge on any atom is -0.481 e. The van der Waals surface area contributed by atoms with E-state index in [1.165, 1.54) is 0 Å². The molecule has 0 saturated heterocycles. The van der Waals surface area contributed by atoms with Crippen LogP contribution in [-0.2, 0) is 14.4 Å². The number of Topliss-reactive ketones (excluding diaryl/α,β-unsaturated/α-hetero) is 1. The third-order valence-corrected chi connectivity index (χ3v) is 9.89. The SMILES string of the molecule is C[C@]12CCC(=O)C=C1CC[C@H]1[C@@H]2[C@@H](O)C[C@@]2(C)[C@@H]1CC[C@]2(O)C(=O)CSCC(=O)O. The number of hydrogen-bond acceptors (Lipinski definition) is 6. The topological polar surface area (TPSA) is 112 Å². The molecule has 166 valence electrons. The highest BCUT2D eigenvalue weighted by molar-refractivity contribution is 8.00. The number of hydrogen-bond donors (Lipinski definition) is 3. The van der Waals surface area contributed by atoms with Crippen molar-refractivity contribution in [2.24, 2.45) is 28.6 Å². The molecule has 0 unspecified atom stereocenters. The summed E-state index contributed by atoms with van der Waals surface area (Å²) >= 11 is 1.02. The van der Waals surface area contributed by atoms with E-state index in [0.717, 1.165) is 43.0 Å². The lowest BCUT2D eigenvalue weighted by molar-refractivity contribution is -0.178. The van der Waals surface area contributed by atoms with E-state index in [0.29, 0.717) is 19.3 Å². The molecule has 0 radical (unpaired) electrons. The second-order valence-electron chi connectivity index (χ2n) is 10.3. The lowest BCUT2D eigenvalue weighted by atomic mass is 9.45. The second-order valence-corrected chi connectivity index (χ2v) is 11.3. The molecule has 0 heterocycles. The van der Waals surface area contributed by atoms with E-state index in [9.17, 15) is 24.6 Å². The van der Waals surface area contributed by atoms with Crippen molar-refractivity contribution in [2.75, 3.05) is 11.5 Å². The number of aliphatic hydroxyl groups excluding tert-OH is 1. The standard InChI is InChI=1S/C23H32O6S/c1-21-7-5-14(24)9-13(21)3-4-15-16-6-8-23(29,18(26)11-30-12-19(27)28)22(16,2)10-17(25)20(15)21/h9,15-17,20,25,29H,3-8,10-12H2,1-2H3,(H,27,28)/t15-,16-,17+,20-,21+,22+,23+/m1/s1. The van der Waals surface area contributed by atoms with Gasteiger partial charge in [-0.2, -0.15) is 0 Å². The summed E-state index contributed by atoms with van der Waals surface area (Å²) in [5.74, 6) is -0.906. The third-order valence-electron chi connectivity index (χ3n) is 8.97. The van der Waals surface area contributed by atoms with E-state index < -0.39 is 23.1 Å². The number of rotatable bonds is 5. The van der Waals surface area contributed by atoms with Crippen LogP contribution in [0.5, 0.6) is 0 Å². The molecule has 0 aromatic heterocycles. The molecule has 4 aliphatic carbocycles. The molecule has 7 heteroatoms. The van der Waals surface area contributed by atoms with Gasteiger partial charge in [-0.1, -0.05) is 19.4 Å². The molecule has 0 aromatic carbocycles. The zero-order valence-corrected chi connectivity index (χ0v) is 18.5. The largest absolute Gasteiger partial charge is 0.481 e. The number of aliphatic carboxylic acids is 1. The molecule has 0 bridgehead atoms. The van der Waals surface area contributed by atoms with Gasteiger partial charge >= 0.3 is 5.97 Å². The van der Waals surface area contributed by atoms with Gasteiger partial charge in [0.15, 0.2) is 11.6 Å². The number of carboxylic acids is 1. The van der Waals surface area contributed by atoms with Gasteiger partial charge in [0.2, 0.25) is 0 Å². The van der Waals surface area contributed by atoms with Gasteiger partial charge in [-0.15, -0.1) is 11.8 Å². The van der Waals surface area contributed by atoms with Crippen molar-refractivity contribution in [3.63, 3.8) is 0 Å². The molecule has 3 fully saturated rings. The summed E-state index contributed by atoms with van der Waals surface area (Å²) in [6, 6.07) is 0. The average molecular weight is 437 g/mol. The van der Waals surface area contributed by atoms with Crippen LogP contribution in [0.2, 0.25) is 0 Å². The van der Waals surface area contributed by atoms with Crippen molar-refractivity contribution in [1.29, 1.82) is 0 Å². The first-order chi connectivity index (χ1) is 14.0. The Labute approximate surface area is 181 Å². The molecule has 3 N–H and O–H groups in total. The van der Waals surface area contributed by atoms with Gasteiger partial charge < -0.3 is 15.3 Å². The van der Waals surface area contributed by atoms with Gasteiger partial charge in [0.25, 0.3) is 0 Å². The van der Waals surface area contributed by atoms with Crippen molar-refractivity contribution < 1.29 is 29.7 Å². The molecule has 0 aromatic rings. The first kappa shape index (κ1) is 22.0. The van der Waals surface area contributed by atoms with Gasteiger partial charge in [-0.3, -0.25) is 14.4 Å². The van der Waals surface area contributed by atoms with E-state index in [1.54, 1.807) is 6.08 Å². The van der Waals surface area contributed by atoms with Crippen LogP contribution in [0.3, 0.4) is 0 Å². The maximum atomic E-state index is 13.0. The first-order valence-corrected chi connectivity index (χ1v) is 12.2. The normalized spacial score (nSPS) is 45.2. The van der Waals surface area contributed by atoms with Crippen LogP contribution in [0.4, 0.5) is 0 Å². The van der Waals surface area contributed by atoms with Gasteiger partial charge in [-0.25, -0.2) is 0 Å². The fraction of sp³-hybridized carbons (Fsp3) is 0.783. The Kier molecular flexibility index (Phi) is 5.47. The predicted molar refractivity (Wildman–Crippen MR) is 113 cm³/mol. The van der Waals surface area contributed by atoms with Gasteiger partial charge in [0.05, 0.1) is 17.6 Å². The molecule has 4 aliphatic rings. The van der Waals surface area contributed by atoms with E-state index in [1.807, 2.05) is 6.92 Å². The maximum Gasteiger partial charge on any atom is 0.313 e. The molecule has 3 saturated carbocycles. The lowest BCUT2D eigenvalue weighted by Gasteiger charge is -2.60. The molecular weight excluding hydrogens is 404 g/mol. The molecule has 4 rings (SSSR count). The summed E-state index contributed by atoms with van der Waals surface area (Å²) in [5.41, 5.74) is -1.26. The monoisotopic (exact) mass is 436 g/mol. The fourth-order valence-electron chi connectivity index (χ4n) is 7.50. The average Bonchev–Trinajstić information content (AvgIpc) is 2.93. The molecule has 7 atom stereocenters. The molecule has 0 aliphatic heterocycles. The van der Waals surface area contributed by atoms with Gasteiger partial charge in [-0.05, 0) is 67.8 Å². The zero-order valence-electron chi connectivity index (χ0n) is 17.7. The molecule has 6 nitrogen and oxygen atoms in total. The summed E-state index contributed by atoms with van der Waals surface area (Å²) < 4.78 is 0. The lowest BCUT2D eigenvalue weighted by Crippen LogP contribution is -2.62. The number of aliphatic hydroxyl groups is 2. The highest BCUT2D eigenvalue weighted by Gasteiger charge is 2.68. The molecular formula is C23H32O6S. The Morgan fingerprint density at radius 2 is 1.90 bits per heavy atom. The minimum absolute atomic E-state index is 0.0258. The predicted octanol–water partition coefficient (Wildman–Crippen LogP) is 2.61. The first-order valence-electron chi connectivity index (χ1n) is 11.0. The van der Waals surface area contributed by atoms with E-state index in [-0.39, 0.29) is 46.2 Å². The van der Waals surface area contributed by atoms with E-state index in [4.69, 9.17) is 5.11 Å². The second kappa shape index (κ2) is 7.45. The summed E-state index contributed by atoms with van der Waals surface area (Å²) in [6.45, 7) is 4.13. The zero-order chi connectivity index (χ0) is 21.9. The summed E-state index contributed by atoms with van der Waals surface area (Å²) in [4.78, 5) is 35.8. The van der Waals surface area contributed by atoms with Crippen molar-refractivity contribution in [3.05, 3.63) is 11.6 Å². The molecule has 30 heavy (non-hydrogen) atoms. The van der Waals surface area contributed by atoms with Crippen LogP contribution in [0.15, 0.2) is 11.6 Å². The number of fused-ring (bicyclic) bond motifs is 5. The summed E-state index contributed by atoms with van der Waals surface area (Å²) in [7, 11) is 0. The van der Waals surface area contributed by atoms with Crippen molar-refractivity contribution >= 4 is 29.3 Å². The Hall–Kier alpha value is -1.18. The van der Waals surface area contributed by atoms with Crippen LogP contribution in [0.25, 0.3) is 0 Å². The van der Waals surface area contributed by atoms with Crippen LogP contribution in [0.1, 0.15) is 58.8 Å². The van der Waals surface area contributed by atoms with Gasteiger partial charge in [0, 0.05) is 11.8 Å². The molecule has 0 amide bonds. The highest BCUT2D eigenvalue weighted by atomic mass is 32.2. The Balaban J connectivity index is 1.61. The molecule has 0 spiro atoms. The van der Waals surface area contributed by atoms with Crippen LogP contribution < -0.4 is 0 Å². The van der Waals surface area contributed by atoms with Gasteiger partial charge in [0.1, 0.15) is 5.60 Å². The summed E-state index contributed by atoms with van der Waals surface area (Å²) in [5, 5.41) is 31.7. The number of ketones is 2. The smallest absolute Gasteiger partial charge is 0.313 e. The quantitative estimate of drug-likeness (QED) is 0.607. The third kappa shape index (κ3) is 3.11. The van der Waals surface area contributed by atoms with Crippen LogP contribution >= 0.6 is 11.8 Å². The maximum absolute atomic E-state index is 13.0.